The fourth-order valence-electron chi connectivity index (χ4n) is 0.802. The normalized spacial score (nSPS) is 14.1. The summed E-state index contributed by atoms with van der Waals surface area (Å²) in [5, 5.41) is 17.1. The zero-order valence-corrected chi connectivity index (χ0v) is 6.32. The third kappa shape index (κ3) is 3.12. The van der Waals surface area contributed by atoms with Gasteiger partial charge in [-0.3, -0.25) is 4.90 Å². The van der Waals surface area contributed by atoms with Crippen molar-refractivity contribution in [3.05, 3.63) is 0 Å². The molecule has 62 valence electrons. The zero-order valence-electron chi connectivity index (χ0n) is 6.32. The lowest BCUT2D eigenvalue weighted by Gasteiger charge is -2.24. The molecule has 4 N–H and O–H groups in total. The van der Waals surface area contributed by atoms with Crippen LogP contribution >= 0.6 is 0 Å². The molecule has 0 saturated carbocycles. The lowest BCUT2D eigenvalue weighted by atomic mass is 10.4. The molecular formula is C6H16N2O2. The van der Waals surface area contributed by atoms with Crippen molar-refractivity contribution in [1.29, 1.82) is 0 Å². The Balaban J connectivity index is 3.56. The van der Waals surface area contributed by atoms with Crippen molar-refractivity contribution in [2.24, 2.45) is 5.73 Å². The molecule has 1 unspecified atom stereocenters. The average Bonchev–Trinajstić information content (AvgIpc) is 1.99. The third-order valence-electron chi connectivity index (χ3n) is 1.45. The van der Waals surface area contributed by atoms with Crippen molar-refractivity contribution < 1.29 is 10.2 Å². The molecule has 0 aromatic rings. The highest BCUT2D eigenvalue weighted by molar-refractivity contribution is 4.61. The molecule has 0 saturated heterocycles. The van der Waals surface area contributed by atoms with Gasteiger partial charge in [-0.15, -0.1) is 0 Å². The SMILES string of the molecule is CCN(CCO)C(N)CO. The van der Waals surface area contributed by atoms with E-state index in [0.717, 1.165) is 6.54 Å². The first-order valence-corrected chi connectivity index (χ1v) is 3.47. The lowest BCUT2D eigenvalue weighted by molar-refractivity contribution is 0.110. The van der Waals surface area contributed by atoms with Gasteiger partial charge in [-0.2, -0.15) is 0 Å². The predicted octanol–water partition coefficient (Wildman–Crippen LogP) is -1.42. The van der Waals surface area contributed by atoms with Gasteiger partial charge in [0.15, 0.2) is 0 Å². The Morgan fingerprint density at radius 2 is 2.10 bits per heavy atom. The monoisotopic (exact) mass is 148 g/mol. The Kier molecular flexibility index (Phi) is 5.52. The van der Waals surface area contributed by atoms with Gasteiger partial charge in [0.2, 0.25) is 0 Å². The van der Waals surface area contributed by atoms with Crippen LogP contribution in [0.3, 0.4) is 0 Å². The maximum Gasteiger partial charge on any atom is 0.0811 e. The summed E-state index contributed by atoms with van der Waals surface area (Å²) in [6, 6.07) is 0. The van der Waals surface area contributed by atoms with Crippen molar-refractivity contribution in [1.82, 2.24) is 4.90 Å². The first kappa shape index (κ1) is 9.84. The number of likely N-dealkylation sites (N-methyl/N-ethyl adjacent to an activating group) is 1. The van der Waals surface area contributed by atoms with E-state index in [9.17, 15) is 0 Å². The van der Waals surface area contributed by atoms with E-state index in [2.05, 4.69) is 0 Å². The summed E-state index contributed by atoms with van der Waals surface area (Å²) in [6.07, 6.45) is -0.336. The molecule has 0 amide bonds. The van der Waals surface area contributed by atoms with Gasteiger partial charge in [-0.25, -0.2) is 0 Å². The van der Waals surface area contributed by atoms with Crippen molar-refractivity contribution in [2.45, 2.75) is 13.1 Å². The number of nitrogens with two attached hydrogens (primary N) is 1. The minimum absolute atomic E-state index is 0.0617. The second-order valence-electron chi connectivity index (χ2n) is 2.10. The molecule has 4 heteroatoms. The highest BCUT2D eigenvalue weighted by Crippen LogP contribution is 1.90. The van der Waals surface area contributed by atoms with Gasteiger partial charge in [0.05, 0.1) is 19.4 Å². The maximum absolute atomic E-state index is 8.61. The van der Waals surface area contributed by atoms with Crippen LogP contribution in [0, 0.1) is 0 Å². The van der Waals surface area contributed by atoms with E-state index >= 15 is 0 Å². The van der Waals surface area contributed by atoms with E-state index < -0.39 is 0 Å². The highest BCUT2D eigenvalue weighted by atomic mass is 16.3. The molecule has 1 atom stereocenters. The van der Waals surface area contributed by atoms with E-state index in [0.29, 0.717) is 6.54 Å². The minimum Gasteiger partial charge on any atom is -0.395 e. The van der Waals surface area contributed by atoms with Crippen molar-refractivity contribution >= 4 is 0 Å². The van der Waals surface area contributed by atoms with E-state index in [4.69, 9.17) is 15.9 Å². The molecule has 0 bridgehead atoms. The molecular weight excluding hydrogens is 132 g/mol. The van der Waals surface area contributed by atoms with Crippen LogP contribution in [-0.2, 0) is 0 Å². The molecule has 0 aromatic heterocycles. The van der Waals surface area contributed by atoms with Crippen LogP contribution in [0.15, 0.2) is 0 Å². The van der Waals surface area contributed by atoms with Gasteiger partial charge in [-0.05, 0) is 6.54 Å². The standard InChI is InChI=1S/C6H16N2O2/c1-2-8(3-4-9)6(7)5-10/h6,9-10H,2-5,7H2,1H3. The molecule has 10 heavy (non-hydrogen) atoms. The summed E-state index contributed by atoms with van der Waals surface area (Å²) in [5.41, 5.74) is 5.48. The van der Waals surface area contributed by atoms with Gasteiger partial charge < -0.3 is 15.9 Å². The first-order chi connectivity index (χ1) is 4.76. The first-order valence-electron chi connectivity index (χ1n) is 3.47. The Labute approximate surface area is 61.3 Å². The number of hydrogen-bond donors (Lipinski definition) is 3. The molecule has 0 aliphatic heterocycles. The zero-order chi connectivity index (χ0) is 7.98. The molecule has 0 aromatic carbocycles. The minimum atomic E-state index is -0.336. The molecule has 0 spiro atoms. The van der Waals surface area contributed by atoms with Crippen molar-refractivity contribution in [3.8, 4) is 0 Å². The largest absolute Gasteiger partial charge is 0.395 e. The number of rotatable bonds is 5. The van der Waals surface area contributed by atoms with E-state index in [1.807, 2.05) is 6.92 Å². The lowest BCUT2D eigenvalue weighted by Crippen LogP contribution is -2.45. The summed E-state index contributed by atoms with van der Waals surface area (Å²) in [5.74, 6) is 0. The Bertz CT molecular complexity index is 80.1. The molecule has 0 fully saturated rings. The highest BCUT2D eigenvalue weighted by Gasteiger charge is 2.08. The third-order valence-corrected chi connectivity index (χ3v) is 1.45. The van der Waals surface area contributed by atoms with Crippen LogP contribution in [0.5, 0.6) is 0 Å². The van der Waals surface area contributed by atoms with Crippen LogP contribution in [0.1, 0.15) is 6.92 Å². The molecule has 0 heterocycles. The summed E-state index contributed by atoms with van der Waals surface area (Å²) >= 11 is 0. The smallest absolute Gasteiger partial charge is 0.0811 e. The Morgan fingerprint density at radius 1 is 1.50 bits per heavy atom. The average molecular weight is 148 g/mol. The van der Waals surface area contributed by atoms with Crippen molar-refractivity contribution in [2.75, 3.05) is 26.3 Å². The molecule has 0 rings (SSSR count). The van der Waals surface area contributed by atoms with Crippen LogP contribution in [0.4, 0.5) is 0 Å². The van der Waals surface area contributed by atoms with Crippen LogP contribution in [0.25, 0.3) is 0 Å². The molecule has 4 nitrogen and oxygen atoms in total. The fraction of sp³-hybridized carbons (Fsp3) is 1.00. The number of aliphatic hydroxyl groups is 2. The quantitative estimate of drug-likeness (QED) is 0.418. The summed E-state index contributed by atoms with van der Waals surface area (Å²) < 4.78 is 0. The van der Waals surface area contributed by atoms with Gasteiger partial charge in [0, 0.05) is 6.54 Å². The maximum atomic E-state index is 8.61. The summed E-state index contributed by atoms with van der Waals surface area (Å²) in [4.78, 5) is 1.81. The van der Waals surface area contributed by atoms with Gasteiger partial charge in [0.25, 0.3) is 0 Å². The number of nitrogens with zero attached hydrogens (tertiary/aromatic N) is 1. The second kappa shape index (κ2) is 5.61. The van der Waals surface area contributed by atoms with Crippen LogP contribution in [0.2, 0.25) is 0 Å². The van der Waals surface area contributed by atoms with E-state index in [1.165, 1.54) is 0 Å². The second-order valence-corrected chi connectivity index (χ2v) is 2.10. The predicted molar refractivity (Wildman–Crippen MR) is 39.4 cm³/mol. The van der Waals surface area contributed by atoms with Crippen LogP contribution in [-0.4, -0.2) is 47.6 Å². The van der Waals surface area contributed by atoms with Crippen LogP contribution < -0.4 is 5.73 Å². The van der Waals surface area contributed by atoms with Crippen molar-refractivity contribution in [3.63, 3.8) is 0 Å². The van der Waals surface area contributed by atoms with Gasteiger partial charge in [0.1, 0.15) is 0 Å². The Morgan fingerprint density at radius 3 is 2.40 bits per heavy atom. The van der Waals surface area contributed by atoms with E-state index in [1.54, 1.807) is 4.90 Å². The molecule has 0 aliphatic carbocycles. The summed E-state index contributed by atoms with van der Waals surface area (Å²) in [6.45, 7) is 3.24. The number of aliphatic hydroxyl groups excluding tert-OH is 2. The summed E-state index contributed by atoms with van der Waals surface area (Å²) in [7, 11) is 0. The van der Waals surface area contributed by atoms with Gasteiger partial charge in [-0.1, -0.05) is 6.92 Å². The van der Waals surface area contributed by atoms with Gasteiger partial charge >= 0.3 is 0 Å². The molecule has 0 aliphatic rings. The molecule has 0 radical (unpaired) electrons. The number of hydrogen-bond acceptors (Lipinski definition) is 4. The topological polar surface area (TPSA) is 69.7 Å². The van der Waals surface area contributed by atoms with E-state index in [-0.39, 0.29) is 19.4 Å². The fourth-order valence-corrected chi connectivity index (χ4v) is 0.802. The Hall–Kier alpha value is -0.160.